The molecule has 0 aliphatic rings. The highest BCUT2D eigenvalue weighted by atomic mass is 15.2. The monoisotopic (exact) mass is 245 g/mol. The molecule has 0 unspecified atom stereocenters. The molecule has 0 saturated carbocycles. The van der Waals surface area contributed by atoms with Crippen molar-refractivity contribution in [3.05, 3.63) is 23.8 Å². The minimum atomic E-state index is -0.126. The van der Waals surface area contributed by atoms with Crippen molar-refractivity contribution in [2.75, 3.05) is 5.73 Å². The van der Waals surface area contributed by atoms with Crippen LogP contribution in [-0.4, -0.2) is 19.7 Å². The van der Waals surface area contributed by atoms with Gasteiger partial charge in [0.25, 0.3) is 0 Å². The molecule has 2 aromatic rings. The molecular weight excluding hydrogens is 226 g/mol. The van der Waals surface area contributed by atoms with Gasteiger partial charge in [-0.05, 0) is 6.92 Å². The fourth-order valence-electron chi connectivity index (χ4n) is 1.69. The standard InChI is InChI=1S/C13H19N5/c1-8-10(9-6-15-18(5)7-9)16-12(13(2,3)4)17-11(8)14/h6-7H,1-5H3,(H2,14,16,17). The van der Waals surface area contributed by atoms with Crippen molar-refractivity contribution >= 4 is 5.82 Å². The first kappa shape index (κ1) is 12.5. The number of nitrogens with two attached hydrogens (primary N) is 1. The molecule has 0 aromatic carbocycles. The zero-order valence-corrected chi connectivity index (χ0v) is 11.5. The first-order valence-corrected chi connectivity index (χ1v) is 5.92. The number of rotatable bonds is 1. The second kappa shape index (κ2) is 4.08. The average molecular weight is 245 g/mol. The lowest BCUT2D eigenvalue weighted by Gasteiger charge is -2.19. The van der Waals surface area contributed by atoms with E-state index in [1.165, 1.54) is 0 Å². The fraction of sp³-hybridized carbons (Fsp3) is 0.462. The number of anilines is 1. The minimum absolute atomic E-state index is 0.126. The topological polar surface area (TPSA) is 69.6 Å². The van der Waals surface area contributed by atoms with Crippen molar-refractivity contribution in [1.82, 2.24) is 19.7 Å². The molecule has 2 heterocycles. The normalized spacial score (nSPS) is 11.8. The molecule has 5 nitrogen and oxygen atoms in total. The summed E-state index contributed by atoms with van der Waals surface area (Å²) in [6, 6.07) is 0. The molecule has 2 N–H and O–H groups in total. The largest absolute Gasteiger partial charge is 0.383 e. The van der Waals surface area contributed by atoms with E-state index in [2.05, 4.69) is 35.8 Å². The van der Waals surface area contributed by atoms with Gasteiger partial charge in [0, 0.05) is 29.8 Å². The summed E-state index contributed by atoms with van der Waals surface area (Å²) in [5.74, 6) is 1.29. The Kier molecular flexibility index (Phi) is 2.84. The number of nitrogens with zero attached hydrogens (tertiary/aromatic N) is 4. The molecule has 0 bridgehead atoms. The smallest absolute Gasteiger partial charge is 0.136 e. The van der Waals surface area contributed by atoms with Gasteiger partial charge in [-0.2, -0.15) is 5.10 Å². The van der Waals surface area contributed by atoms with E-state index in [4.69, 9.17) is 5.73 Å². The Morgan fingerprint density at radius 3 is 2.39 bits per heavy atom. The minimum Gasteiger partial charge on any atom is -0.383 e. The lowest BCUT2D eigenvalue weighted by molar-refractivity contribution is 0.546. The van der Waals surface area contributed by atoms with Crippen LogP contribution in [0.3, 0.4) is 0 Å². The van der Waals surface area contributed by atoms with Crippen molar-refractivity contribution < 1.29 is 0 Å². The van der Waals surface area contributed by atoms with E-state index in [-0.39, 0.29) is 5.41 Å². The maximum Gasteiger partial charge on any atom is 0.136 e. The van der Waals surface area contributed by atoms with Crippen LogP contribution in [-0.2, 0) is 12.5 Å². The zero-order chi connectivity index (χ0) is 13.5. The molecule has 96 valence electrons. The number of aryl methyl sites for hydroxylation is 1. The van der Waals surface area contributed by atoms with Crippen molar-refractivity contribution in [1.29, 1.82) is 0 Å². The van der Waals surface area contributed by atoms with Crippen LogP contribution >= 0.6 is 0 Å². The van der Waals surface area contributed by atoms with Crippen LogP contribution < -0.4 is 5.73 Å². The third-order valence-electron chi connectivity index (χ3n) is 2.83. The Morgan fingerprint density at radius 2 is 1.89 bits per heavy atom. The average Bonchev–Trinajstić information content (AvgIpc) is 2.67. The van der Waals surface area contributed by atoms with Gasteiger partial charge in [-0.25, -0.2) is 9.97 Å². The van der Waals surface area contributed by atoms with Crippen LogP contribution in [0, 0.1) is 6.92 Å². The van der Waals surface area contributed by atoms with E-state index >= 15 is 0 Å². The van der Waals surface area contributed by atoms with E-state index in [1.54, 1.807) is 10.9 Å². The predicted octanol–water partition coefficient (Wildman–Crippen LogP) is 2.07. The Hall–Kier alpha value is -1.91. The number of aromatic nitrogens is 4. The summed E-state index contributed by atoms with van der Waals surface area (Å²) in [7, 11) is 1.88. The summed E-state index contributed by atoms with van der Waals surface area (Å²) in [6.07, 6.45) is 3.72. The van der Waals surface area contributed by atoms with Crippen LogP contribution in [0.4, 0.5) is 5.82 Å². The van der Waals surface area contributed by atoms with Gasteiger partial charge in [-0.3, -0.25) is 4.68 Å². The van der Waals surface area contributed by atoms with E-state index in [9.17, 15) is 0 Å². The Balaban J connectivity index is 2.63. The molecule has 0 aliphatic heterocycles. The van der Waals surface area contributed by atoms with Gasteiger partial charge in [0.05, 0.1) is 11.9 Å². The summed E-state index contributed by atoms with van der Waals surface area (Å²) in [4.78, 5) is 9.02. The molecule has 5 heteroatoms. The maximum absolute atomic E-state index is 5.98. The summed E-state index contributed by atoms with van der Waals surface area (Å²) < 4.78 is 1.75. The highest BCUT2D eigenvalue weighted by Gasteiger charge is 2.21. The molecule has 0 amide bonds. The van der Waals surface area contributed by atoms with Crippen molar-refractivity contribution in [3.63, 3.8) is 0 Å². The van der Waals surface area contributed by atoms with Gasteiger partial charge in [-0.1, -0.05) is 20.8 Å². The SMILES string of the molecule is Cc1c(N)nc(C(C)(C)C)nc1-c1cnn(C)c1. The fourth-order valence-corrected chi connectivity index (χ4v) is 1.69. The third-order valence-corrected chi connectivity index (χ3v) is 2.83. The maximum atomic E-state index is 5.98. The van der Waals surface area contributed by atoms with Crippen LogP contribution in [0.25, 0.3) is 11.3 Å². The number of hydrogen-bond donors (Lipinski definition) is 1. The molecule has 0 aliphatic carbocycles. The second-order valence-corrected chi connectivity index (χ2v) is 5.56. The van der Waals surface area contributed by atoms with Crippen molar-refractivity contribution in [3.8, 4) is 11.3 Å². The summed E-state index contributed by atoms with van der Waals surface area (Å²) >= 11 is 0. The second-order valence-electron chi connectivity index (χ2n) is 5.56. The molecular formula is C13H19N5. The molecule has 2 rings (SSSR count). The number of nitrogen functional groups attached to an aromatic ring is 1. The van der Waals surface area contributed by atoms with E-state index < -0.39 is 0 Å². The third kappa shape index (κ3) is 2.20. The number of hydrogen-bond acceptors (Lipinski definition) is 4. The molecule has 0 radical (unpaired) electrons. The molecule has 0 atom stereocenters. The molecule has 0 fully saturated rings. The molecule has 2 aromatic heterocycles. The van der Waals surface area contributed by atoms with Gasteiger partial charge in [0.2, 0.25) is 0 Å². The first-order valence-electron chi connectivity index (χ1n) is 5.92. The first-order chi connectivity index (χ1) is 8.29. The van der Waals surface area contributed by atoms with E-state index in [0.29, 0.717) is 5.82 Å². The van der Waals surface area contributed by atoms with Gasteiger partial charge < -0.3 is 5.73 Å². The Labute approximate surface area is 107 Å². The van der Waals surface area contributed by atoms with Gasteiger partial charge in [0.15, 0.2) is 0 Å². The zero-order valence-electron chi connectivity index (χ0n) is 11.5. The van der Waals surface area contributed by atoms with Crippen molar-refractivity contribution in [2.24, 2.45) is 7.05 Å². The Morgan fingerprint density at radius 1 is 1.22 bits per heavy atom. The van der Waals surface area contributed by atoms with Gasteiger partial charge in [-0.15, -0.1) is 0 Å². The highest BCUT2D eigenvalue weighted by molar-refractivity contribution is 5.66. The van der Waals surface area contributed by atoms with Gasteiger partial charge in [0.1, 0.15) is 11.6 Å². The lowest BCUT2D eigenvalue weighted by Crippen LogP contribution is -2.18. The quantitative estimate of drug-likeness (QED) is 0.835. The van der Waals surface area contributed by atoms with Crippen LogP contribution in [0.15, 0.2) is 12.4 Å². The molecule has 0 saturated heterocycles. The summed E-state index contributed by atoms with van der Waals surface area (Å²) in [5.41, 5.74) is 8.59. The Bertz CT molecular complexity index is 578. The predicted molar refractivity (Wildman–Crippen MR) is 72.1 cm³/mol. The molecule has 0 spiro atoms. The lowest BCUT2D eigenvalue weighted by atomic mass is 9.95. The molecule has 18 heavy (non-hydrogen) atoms. The van der Waals surface area contributed by atoms with E-state index in [0.717, 1.165) is 22.6 Å². The summed E-state index contributed by atoms with van der Waals surface area (Å²) in [6.45, 7) is 8.16. The van der Waals surface area contributed by atoms with E-state index in [1.807, 2.05) is 20.2 Å². The van der Waals surface area contributed by atoms with Crippen molar-refractivity contribution in [2.45, 2.75) is 33.1 Å². The van der Waals surface area contributed by atoms with Gasteiger partial charge >= 0.3 is 0 Å². The van der Waals surface area contributed by atoms with Crippen LogP contribution in [0.2, 0.25) is 0 Å². The van der Waals surface area contributed by atoms with Crippen LogP contribution in [0.5, 0.6) is 0 Å². The highest BCUT2D eigenvalue weighted by Crippen LogP contribution is 2.27. The van der Waals surface area contributed by atoms with Crippen LogP contribution in [0.1, 0.15) is 32.2 Å². The summed E-state index contributed by atoms with van der Waals surface area (Å²) in [5, 5.41) is 4.17.